The summed E-state index contributed by atoms with van der Waals surface area (Å²) in [6.45, 7) is 7.16. The first-order valence-electron chi connectivity index (χ1n) is 8.05. The fourth-order valence-corrected chi connectivity index (χ4v) is 2.67. The first-order chi connectivity index (χ1) is 10.4. The van der Waals surface area contributed by atoms with Gasteiger partial charge in [-0.05, 0) is 31.7 Å². The molecule has 0 saturated carbocycles. The third-order valence-electron chi connectivity index (χ3n) is 3.89. The smallest absolute Gasteiger partial charge is 0.426 e. The molecule has 2 atom stereocenters. The number of likely N-dealkylation sites (tertiary alicyclic amines) is 1. The van der Waals surface area contributed by atoms with Gasteiger partial charge in [-0.3, -0.25) is 9.59 Å². The Labute approximate surface area is 132 Å². The molecule has 1 aliphatic rings. The molecule has 1 rings (SSSR count). The number of hydrogen-bond acceptors (Lipinski definition) is 5. The van der Waals surface area contributed by atoms with Gasteiger partial charge in [-0.1, -0.05) is 20.8 Å². The SMILES string of the molecule is CCCNCC(=O)N[C@H](C(=O)N1CCC[C@H]1B(O)O)C(C)C. The summed E-state index contributed by atoms with van der Waals surface area (Å²) in [7, 11) is -1.54. The van der Waals surface area contributed by atoms with Gasteiger partial charge >= 0.3 is 7.12 Å². The van der Waals surface area contributed by atoms with Crippen molar-refractivity contribution in [3.8, 4) is 0 Å². The molecule has 7 nitrogen and oxygen atoms in total. The van der Waals surface area contributed by atoms with Crippen LogP contribution in [-0.2, 0) is 9.59 Å². The quantitative estimate of drug-likeness (QED) is 0.345. The van der Waals surface area contributed by atoms with Crippen molar-refractivity contribution in [1.82, 2.24) is 15.5 Å². The third kappa shape index (κ3) is 5.26. The summed E-state index contributed by atoms with van der Waals surface area (Å²) in [6.07, 6.45) is 2.24. The van der Waals surface area contributed by atoms with Crippen molar-refractivity contribution in [1.29, 1.82) is 0 Å². The summed E-state index contributed by atoms with van der Waals surface area (Å²) in [6, 6.07) is -0.643. The normalized spacial score (nSPS) is 19.4. The lowest BCUT2D eigenvalue weighted by Crippen LogP contribution is -2.56. The summed E-state index contributed by atoms with van der Waals surface area (Å²) < 4.78 is 0. The Hall–Kier alpha value is -1.12. The second-order valence-electron chi connectivity index (χ2n) is 6.12. The van der Waals surface area contributed by atoms with E-state index in [0.717, 1.165) is 19.4 Å². The number of hydrogen-bond donors (Lipinski definition) is 4. The van der Waals surface area contributed by atoms with Crippen LogP contribution in [0.15, 0.2) is 0 Å². The van der Waals surface area contributed by atoms with E-state index in [-0.39, 0.29) is 24.3 Å². The van der Waals surface area contributed by atoms with Gasteiger partial charge in [0.2, 0.25) is 11.8 Å². The summed E-state index contributed by atoms with van der Waals surface area (Å²) in [5, 5.41) is 24.5. The van der Waals surface area contributed by atoms with E-state index >= 15 is 0 Å². The second-order valence-corrected chi connectivity index (χ2v) is 6.12. The molecule has 0 bridgehead atoms. The fourth-order valence-electron chi connectivity index (χ4n) is 2.67. The zero-order chi connectivity index (χ0) is 16.7. The Kier molecular flexibility index (Phi) is 7.85. The van der Waals surface area contributed by atoms with Crippen LogP contribution in [0.5, 0.6) is 0 Å². The van der Waals surface area contributed by atoms with Gasteiger partial charge in [0.15, 0.2) is 0 Å². The molecule has 0 radical (unpaired) electrons. The molecule has 1 saturated heterocycles. The number of nitrogens with zero attached hydrogens (tertiary/aromatic N) is 1. The summed E-state index contributed by atoms with van der Waals surface area (Å²) in [4.78, 5) is 26.0. The Morgan fingerprint density at radius 1 is 1.36 bits per heavy atom. The molecule has 126 valence electrons. The van der Waals surface area contributed by atoms with Crippen molar-refractivity contribution in [3.63, 3.8) is 0 Å². The number of carbonyl (C=O) groups excluding carboxylic acids is 2. The average molecular weight is 313 g/mol. The molecule has 0 unspecified atom stereocenters. The molecule has 2 amide bonds. The van der Waals surface area contributed by atoms with Gasteiger partial charge < -0.3 is 25.6 Å². The van der Waals surface area contributed by atoms with Crippen molar-refractivity contribution in [2.75, 3.05) is 19.6 Å². The van der Waals surface area contributed by atoms with Crippen LogP contribution >= 0.6 is 0 Å². The predicted octanol–water partition coefficient (Wildman–Crippen LogP) is -0.870. The molecular formula is C14H28BN3O4. The molecule has 0 aromatic heterocycles. The first kappa shape index (κ1) is 18.9. The van der Waals surface area contributed by atoms with Crippen molar-refractivity contribution in [2.24, 2.45) is 5.92 Å². The monoisotopic (exact) mass is 313 g/mol. The van der Waals surface area contributed by atoms with Crippen LogP contribution in [0, 0.1) is 5.92 Å². The highest BCUT2D eigenvalue weighted by atomic mass is 16.4. The maximum absolute atomic E-state index is 12.6. The molecule has 1 fully saturated rings. The van der Waals surface area contributed by atoms with Gasteiger partial charge in [0, 0.05) is 6.54 Å². The van der Waals surface area contributed by atoms with Crippen LogP contribution in [0.4, 0.5) is 0 Å². The molecule has 0 aromatic carbocycles. The van der Waals surface area contributed by atoms with Gasteiger partial charge in [-0.2, -0.15) is 0 Å². The minimum atomic E-state index is -1.54. The van der Waals surface area contributed by atoms with Gasteiger partial charge in [-0.25, -0.2) is 0 Å². The standard InChI is InChI=1S/C14H28BN3O4/c1-4-7-16-9-12(19)17-13(10(2)3)14(20)18-8-5-6-11(18)15(21)22/h10-11,13,16,21-22H,4-9H2,1-3H3,(H,17,19)/t11-,13-/m0/s1. The Bertz CT molecular complexity index is 379. The molecule has 22 heavy (non-hydrogen) atoms. The molecule has 0 spiro atoms. The van der Waals surface area contributed by atoms with Crippen LogP contribution in [0.2, 0.25) is 0 Å². The van der Waals surface area contributed by atoms with Crippen LogP contribution in [-0.4, -0.2) is 65.5 Å². The predicted molar refractivity (Wildman–Crippen MR) is 84.9 cm³/mol. The second kappa shape index (κ2) is 9.12. The van der Waals surface area contributed by atoms with Gasteiger partial charge in [0.1, 0.15) is 6.04 Å². The summed E-state index contributed by atoms with van der Waals surface area (Å²) in [5.41, 5.74) is 0. The zero-order valence-corrected chi connectivity index (χ0v) is 13.7. The molecule has 1 heterocycles. The summed E-state index contributed by atoms with van der Waals surface area (Å²) >= 11 is 0. The fraction of sp³-hybridized carbons (Fsp3) is 0.857. The summed E-state index contributed by atoms with van der Waals surface area (Å²) in [5.74, 6) is -1.11. The average Bonchev–Trinajstić information content (AvgIpc) is 2.93. The van der Waals surface area contributed by atoms with E-state index in [4.69, 9.17) is 0 Å². The van der Waals surface area contributed by atoms with Crippen LogP contribution in [0.1, 0.15) is 40.0 Å². The van der Waals surface area contributed by atoms with E-state index < -0.39 is 19.1 Å². The number of amides is 2. The van der Waals surface area contributed by atoms with Crippen LogP contribution in [0.3, 0.4) is 0 Å². The lowest BCUT2D eigenvalue weighted by atomic mass is 9.77. The van der Waals surface area contributed by atoms with Crippen molar-refractivity contribution < 1.29 is 19.6 Å². The van der Waals surface area contributed by atoms with Gasteiger partial charge in [0.25, 0.3) is 0 Å². The maximum Gasteiger partial charge on any atom is 0.475 e. The largest absolute Gasteiger partial charge is 0.475 e. The van der Waals surface area contributed by atoms with E-state index in [1.54, 1.807) is 0 Å². The van der Waals surface area contributed by atoms with Crippen molar-refractivity contribution in [2.45, 2.75) is 52.0 Å². The zero-order valence-electron chi connectivity index (χ0n) is 13.7. The van der Waals surface area contributed by atoms with Crippen LogP contribution < -0.4 is 10.6 Å². The highest BCUT2D eigenvalue weighted by Crippen LogP contribution is 2.20. The number of nitrogens with one attached hydrogen (secondary N) is 2. The molecule has 8 heteroatoms. The topological polar surface area (TPSA) is 102 Å². The maximum atomic E-state index is 12.6. The van der Waals surface area contributed by atoms with Crippen molar-refractivity contribution >= 4 is 18.9 Å². The minimum absolute atomic E-state index is 0.0697. The van der Waals surface area contributed by atoms with Crippen molar-refractivity contribution in [3.05, 3.63) is 0 Å². The molecule has 4 N–H and O–H groups in total. The van der Waals surface area contributed by atoms with Gasteiger partial charge in [-0.15, -0.1) is 0 Å². The first-order valence-corrected chi connectivity index (χ1v) is 8.05. The highest BCUT2D eigenvalue weighted by molar-refractivity contribution is 6.43. The van der Waals surface area contributed by atoms with E-state index in [1.165, 1.54) is 4.90 Å². The van der Waals surface area contributed by atoms with E-state index in [1.807, 2.05) is 20.8 Å². The number of rotatable bonds is 8. The molecule has 0 aliphatic carbocycles. The highest BCUT2D eigenvalue weighted by Gasteiger charge is 2.40. The van der Waals surface area contributed by atoms with Gasteiger partial charge in [0.05, 0.1) is 12.5 Å². The third-order valence-corrected chi connectivity index (χ3v) is 3.89. The molecule has 1 aliphatic heterocycles. The minimum Gasteiger partial charge on any atom is -0.426 e. The van der Waals surface area contributed by atoms with E-state index in [0.29, 0.717) is 13.0 Å². The molecule has 0 aromatic rings. The lowest BCUT2D eigenvalue weighted by molar-refractivity contribution is -0.137. The number of carbonyl (C=O) groups is 2. The Morgan fingerprint density at radius 2 is 2.05 bits per heavy atom. The van der Waals surface area contributed by atoms with E-state index in [9.17, 15) is 19.6 Å². The Balaban J connectivity index is 2.65. The molecular weight excluding hydrogens is 285 g/mol. The van der Waals surface area contributed by atoms with Crippen LogP contribution in [0.25, 0.3) is 0 Å². The lowest BCUT2D eigenvalue weighted by Gasteiger charge is -2.30. The van der Waals surface area contributed by atoms with E-state index in [2.05, 4.69) is 10.6 Å². The Morgan fingerprint density at radius 3 is 2.59 bits per heavy atom.